The molecule has 3 nitrogen and oxygen atoms in total. The fourth-order valence-corrected chi connectivity index (χ4v) is 1.55. The summed E-state index contributed by atoms with van der Waals surface area (Å²) in [5.74, 6) is 0. The van der Waals surface area contributed by atoms with Gasteiger partial charge in [-0.2, -0.15) is 0 Å². The average molecular weight is 253 g/mol. The van der Waals surface area contributed by atoms with Gasteiger partial charge in [-0.1, -0.05) is 32.6 Å². The van der Waals surface area contributed by atoms with E-state index in [1.807, 2.05) is 45.0 Å². The number of rotatable bonds is 3. The number of hydrogen-bond donors (Lipinski definition) is 0. The van der Waals surface area contributed by atoms with Crippen LogP contribution in [0.1, 0.15) is 26.5 Å². The van der Waals surface area contributed by atoms with Crippen LogP contribution in [0.25, 0.3) is 16.6 Å². The second-order valence-corrected chi connectivity index (χ2v) is 3.44. The molecule has 0 atom stereocenters. The lowest BCUT2D eigenvalue weighted by atomic mass is 10.2. The zero-order valence-electron chi connectivity index (χ0n) is 11.7. The maximum Gasteiger partial charge on any atom is 0.0894 e. The number of allylic oxidation sites excluding steroid dienone is 2. The van der Waals surface area contributed by atoms with E-state index in [1.165, 1.54) is 0 Å². The molecule has 2 rings (SSSR count). The molecule has 98 valence electrons. The molecule has 3 heteroatoms. The fraction of sp³-hybridized carbons (Fsp3) is 0.188. The summed E-state index contributed by atoms with van der Waals surface area (Å²) in [5.41, 5.74) is 2.49. The number of aromatic nitrogens is 2. The predicted octanol–water partition coefficient (Wildman–Crippen LogP) is 4.27. The van der Waals surface area contributed by atoms with Gasteiger partial charge in [0.25, 0.3) is 0 Å². The Kier molecular flexibility index (Phi) is 6.16. The third kappa shape index (κ3) is 3.85. The van der Waals surface area contributed by atoms with Gasteiger partial charge < -0.3 is 0 Å². The van der Waals surface area contributed by atoms with E-state index in [4.69, 9.17) is 0 Å². The van der Waals surface area contributed by atoms with E-state index in [9.17, 15) is 0 Å². The standard InChI is InChI=1S/C14H13N3.C2H6/c1-3-5-12(16-4-2)13-7-6-11-8-9-15-10-14(11)17-13;1-2/h3-10H,1H2,2H3;1-2H3/b12-5-,16-4?;. The highest BCUT2D eigenvalue weighted by atomic mass is 14.8. The summed E-state index contributed by atoms with van der Waals surface area (Å²) in [4.78, 5) is 12.9. The number of pyridine rings is 2. The summed E-state index contributed by atoms with van der Waals surface area (Å²) in [6.45, 7) is 9.55. The molecular formula is C16H19N3. The molecule has 19 heavy (non-hydrogen) atoms. The van der Waals surface area contributed by atoms with Crippen molar-refractivity contribution in [3.05, 3.63) is 55.0 Å². The van der Waals surface area contributed by atoms with Crippen molar-refractivity contribution in [3.8, 4) is 0 Å². The van der Waals surface area contributed by atoms with Crippen LogP contribution in [0.5, 0.6) is 0 Å². The number of fused-ring (bicyclic) bond motifs is 1. The zero-order chi connectivity index (χ0) is 14.1. The maximum atomic E-state index is 4.52. The first-order valence-corrected chi connectivity index (χ1v) is 6.37. The first kappa shape index (κ1) is 14.8. The van der Waals surface area contributed by atoms with Crippen molar-refractivity contribution in [2.24, 2.45) is 4.99 Å². The Hall–Kier alpha value is -2.29. The third-order valence-electron chi connectivity index (χ3n) is 2.30. The Labute approximate surface area is 114 Å². The van der Waals surface area contributed by atoms with Crippen molar-refractivity contribution in [2.75, 3.05) is 0 Å². The third-order valence-corrected chi connectivity index (χ3v) is 2.30. The molecule has 0 radical (unpaired) electrons. The van der Waals surface area contributed by atoms with E-state index < -0.39 is 0 Å². The van der Waals surface area contributed by atoms with E-state index >= 15 is 0 Å². The van der Waals surface area contributed by atoms with E-state index in [1.54, 1.807) is 24.7 Å². The minimum atomic E-state index is 0.799. The van der Waals surface area contributed by atoms with Crippen molar-refractivity contribution in [1.29, 1.82) is 0 Å². The normalized spacial score (nSPS) is 11.2. The Morgan fingerprint density at radius 2 is 2.05 bits per heavy atom. The van der Waals surface area contributed by atoms with Crippen LogP contribution in [0, 0.1) is 0 Å². The molecule has 0 spiro atoms. The zero-order valence-corrected chi connectivity index (χ0v) is 11.7. The molecule has 0 N–H and O–H groups in total. The van der Waals surface area contributed by atoms with Gasteiger partial charge in [0.15, 0.2) is 0 Å². The quantitative estimate of drug-likeness (QED) is 0.605. The summed E-state index contributed by atoms with van der Waals surface area (Å²) in [6.07, 6.45) is 8.79. The molecule has 0 saturated carbocycles. The molecule has 2 aromatic heterocycles. The van der Waals surface area contributed by atoms with E-state index in [0.717, 1.165) is 22.3 Å². The van der Waals surface area contributed by atoms with Crippen molar-refractivity contribution in [1.82, 2.24) is 9.97 Å². The largest absolute Gasteiger partial charge is 0.262 e. The highest BCUT2D eigenvalue weighted by molar-refractivity contribution is 5.81. The molecule has 0 aliphatic rings. The van der Waals surface area contributed by atoms with E-state index in [2.05, 4.69) is 21.5 Å². The number of nitrogens with zero attached hydrogens (tertiary/aromatic N) is 3. The lowest BCUT2D eigenvalue weighted by Gasteiger charge is -2.02. The Morgan fingerprint density at radius 1 is 1.26 bits per heavy atom. The molecule has 0 unspecified atom stereocenters. The van der Waals surface area contributed by atoms with Crippen molar-refractivity contribution in [2.45, 2.75) is 20.8 Å². The van der Waals surface area contributed by atoms with Gasteiger partial charge in [-0.15, -0.1) is 0 Å². The molecule has 0 aliphatic heterocycles. The predicted molar refractivity (Wildman–Crippen MR) is 83.2 cm³/mol. The molecule has 0 bridgehead atoms. The second kappa shape index (κ2) is 7.93. The maximum absolute atomic E-state index is 4.52. The smallest absolute Gasteiger partial charge is 0.0894 e. The van der Waals surface area contributed by atoms with Crippen LogP contribution in [-0.4, -0.2) is 16.2 Å². The monoisotopic (exact) mass is 253 g/mol. The van der Waals surface area contributed by atoms with Crippen LogP contribution in [0.4, 0.5) is 0 Å². The summed E-state index contributed by atoms with van der Waals surface area (Å²) in [6, 6.07) is 5.90. The summed E-state index contributed by atoms with van der Waals surface area (Å²) < 4.78 is 0. The van der Waals surface area contributed by atoms with Crippen molar-refractivity contribution in [3.63, 3.8) is 0 Å². The summed E-state index contributed by atoms with van der Waals surface area (Å²) in [7, 11) is 0. The van der Waals surface area contributed by atoms with Crippen LogP contribution < -0.4 is 0 Å². The van der Waals surface area contributed by atoms with E-state index in [0.29, 0.717) is 0 Å². The second-order valence-electron chi connectivity index (χ2n) is 3.44. The molecule has 0 fully saturated rings. The van der Waals surface area contributed by atoms with Gasteiger partial charge >= 0.3 is 0 Å². The minimum Gasteiger partial charge on any atom is -0.262 e. The highest BCUT2D eigenvalue weighted by Gasteiger charge is 2.02. The van der Waals surface area contributed by atoms with Crippen molar-refractivity contribution < 1.29 is 0 Å². The molecule has 0 saturated heterocycles. The van der Waals surface area contributed by atoms with Crippen LogP contribution in [0.3, 0.4) is 0 Å². The van der Waals surface area contributed by atoms with Gasteiger partial charge in [0.1, 0.15) is 0 Å². The Balaban J connectivity index is 0.000000861. The van der Waals surface area contributed by atoms with Crippen LogP contribution in [0.15, 0.2) is 54.3 Å². The van der Waals surface area contributed by atoms with Crippen molar-refractivity contribution >= 4 is 22.8 Å². The molecule has 2 heterocycles. The van der Waals surface area contributed by atoms with Crippen LogP contribution in [-0.2, 0) is 0 Å². The van der Waals surface area contributed by atoms with Gasteiger partial charge in [0.2, 0.25) is 0 Å². The first-order chi connectivity index (χ1) is 9.35. The Morgan fingerprint density at radius 3 is 2.74 bits per heavy atom. The average Bonchev–Trinajstić information content (AvgIpc) is 2.48. The lowest BCUT2D eigenvalue weighted by molar-refractivity contribution is 1.27. The molecule has 0 aliphatic carbocycles. The fourth-order valence-electron chi connectivity index (χ4n) is 1.55. The molecule has 0 amide bonds. The van der Waals surface area contributed by atoms with Gasteiger partial charge in [-0.05, 0) is 25.1 Å². The van der Waals surface area contributed by atoms with Gasteiger partial charge in [0, 0.05) is 17.8 Å². The topological polar surface area (TPSA) is 38.1 Å². The lowest BCUT2D eigenvalue weighted by Crippen LogP contribution is -1.89. The van der Waals surface area contributed by atoms with E-state index in [-0.39, 0.29) is 0 Å². The molecule has 0 aromatic carbocycles. The SMILES string of the molecule is C=C/C=C(\N=CC)c1ccc2ccncc2n1.CC. The van der Waals surface area contributed by atoms with Crippen LogP contribution >= 0.6 is 0 Å². The minimum absolute atomic E-state index is 0.799. The number of hydrogen-bond acceptors (Lipinski definition) is 3. The molecular weight excluding hydrogens is 234 g/mol. The van der Waals surface area contributed by atoms with Crippen LogP contribution in [0.2, 0.25) is 0 Å². The number of aliphatic imine (C=N–C) groups is 1. The Bertz CT molecular complexity index is 598. The summed E-state index contributed by atoms with van der Waals surface area (Å²) >= 11 is 0. The first-order valence-electron chi connectivity index (χ1n) is 6.37. The van der Waals surface area contributed by atoms with Gasteiger partial charge in [0.05, 0.1) is 23.1 Å². The van der Waals surface area contributed by atoms with Gasteiger partial charge in [-0.3, -0.25) is 9.98 Å². The van der Waals surface area contributed by atoms with Gasteiger partial charge in [-0.25, -0.2) is 4.98 Å². The highest BCUT2D eigenvalue weighted by Crippen LogP contribution is 2.17. The molecule has 2 aromatic rings. The summed E-state index contributed by atoms with van der Waals surface area (Å²) in [5, 5.41) is 1.07.